The first-order valence-corrected chi connectivity index (χ1v) is 6.62. The van der Waals surface area contributed by atoms with Crippen LogP contribution in [-0.2, 0) is 6.54 Å². The maximum Gasteiger partial charge on any atom is 0.235 e. The summed E-state index contributed by atoms with van der Waals surface area (Å²) < 4.78 is 14.5. The molecule has 7 heteroatoms. The van der Waals surface area contributed by atoms with E-state index in [-0.39, 0.29) is 11.6 Å². The fourth-order valence-corrected chi connectivity index (χ4v) is 2.55. The molecule has 0 spiro atoms. The highest BCUT2D eigenvalue weighted by Crippen LogP contribution is 2.24. The monoisotopic (exact) mass is 285 g/mol. The Labute approximate surface area is 118 Å². The zero-order valence-corrected chi connectivity index (χ0v) is 11.0. The molecule has 0 N–H and O–H groups in total. The van der Waals surface area contributed by atoms with Crippen LogP contribution >= 0.6 is 11.3 Å². The highest BCUT2D eigenvalue weighted by Gasteiger charge is 2.08. The Kier molecular flexibility index (Phi) is 3.23. The van der Waals surface area contributed by atoms with Gasteiger partial charge in [0.15, 0.2) is 0 Å². The predicted molar refractivity (Wildman–Crippen MR) is 71.3 cm³/mol. The second-order valence-electron chi connectivity index (χ2n) is 4.05. The van der Waals surface area contributed by atoms with Crippen molar-refractivity contribution in [2.24, 2.45) is 0 Å². The Bertz CT molecular complexity index is 769. The molecule has 0 aliphatic rings. The second kappa shape index (κ2) is 5.19. The lowest BCUT2D eigenvalue weighted by Crippen LogP contribution is -2.01. The standard InChI is InChI=1S/C13H8FN5S/c14-10-3-1-9(2-4-10)13-17-11(7-20-13)6-19-8-16-18-12(19)5-15/h1-4,7-8H,6H2. The first-order chi connectivity index (χ1) is 9.76. The molecule has 0 aliphatic carbocycles. The van der Waals surface area contributed by atoms with Gasteiger partial charge in [-0.3, -0.25) is 4.57 Å². The molecule has 0 saturated carbocycles. The molecule has 5 nitrogen and oxygen atoms in total. The van der Waals surface area contributed by atoms with E-state index in [1.54, 1.807) is 16.7 Å². The number of thiazole rings is 1. The number of benzene rings is 1. The summed E-state index contributed by atoms with van der Waals surface area (Å²) in [6.45, 7) is 0.438. The zero-order valence-electron chi connectivity index (χ0n) is 10.2. The molecule has 0 fully saturated rings. The molecule has 2 heterocycles. The van der Waals surface area contributed by atoms with E-state index in [1.807, 2.05) is 11.4 Å². The van der Waals surface area contributed by atoms with Crippen LogP contribution in [0.5, 0.6) is 0 Å². The van der Waals surface area contributed by atoms with E-state index in [0.29, 0.717) is 6.54 Å². The van der Waals surface area contributed by atoms with Gasteiger partial charge >= 0.3 is 0 Å². The van der Waals surface area contributed by atoms with Crippen molar-refractivity contribution in [1.82, 2.24) is 19.7 Å². The molecule has 3 rings (SSSR count). The van der Waals surface area contributed by atoms with Gasteiger partial charge in [0.1, 0.15) is 23.2 Å². The number of halogens is 1. The summed E-state index contributed by atoms with van der Waals surface area (Å²) >= 11 is 1.47. The minimum absolute atomic E-state index is 0.251. The van der Waals surface area contributed by atoms with E-state index in [0.717, 1.165) is 16.3 Å². The van der Waals surface area contributed by atoms with Gasteiger partial charge in [0.2, 0.25) is 5.82 Å². The fourth-order valence-electron chi connectivity index (χ4n) is 1.74. The quantitative estimate of drug-likeness (QED) is 0.741. The van der Waals surface area contributed by atoms with E-state index >= 15 is 0 Å². The molecule has 0 unspecified atom stereocenters. The lowest BCUT2D eigenvalue weighted by Gasteiger charge is -1.98. The van der Waals surface area contributed by atoms with Gasteiger partial charge in [-0.25, -0.2) is 9.37 Å². The molecule has 1 aromatic carbocycles. The summed E-state index contributed by atoms with van der Waals surface area (Å²) in [5, 5.41) is 19.0. The van der Waals surface area contributed by atoms with Crippen LogP contribution in [0.4, 0.5) is 4.39 Å². The molecule has 0 amide bonds. The third-order valence-electron chi connectivity index (χ3n) is 2.69. The molecule has 0 saturated heterocycles. The van der Waals surface area contributed by atoms with Gasteiger partial charge in [0.05, 0.1) is 12.2 Å². The van der Waals surface area contributed by atoms with Crippen LogP contribution in [0.2, 0.25) is 0 Å². The highest BCUT2D eigenvalue weighted by molar-refractivity contribution is 7.13. The van der Waals surface area contributed by atoms with Crippen LogP contribution in [0, 0.1) is 17.1 Å². The Hall–Kier alpha value is -2.59. The van der Waals surface area contributed by atoms with Gasteiger partial charge in [-0.05, 0) is 24.3 Å². The number of nitrogens with zero attached hydrogens (tertiary/aromatic N) is 5. The predicted octanol–water partition coefficient (Wildman–Crippen LogP) is 2.46. The van der Waals surface area contributed by atoms with Crippen LogP contribution in [0.25, 0.3) is 10.6 Å². The van der Waals surface area contributed by atoms with Crippen molar-refractivity contribution in [2.45, 2.75) is 6.54 Å². The van der Waals surface area contributed by atoms with Crippen molar-refractivity contribution in [3.8, 4) is 16.6 Å². The minimum atomic E-state index is -0.270. The van der Waals surface area contributed by atoms with Crippen LogP contribution < -0.4 is 0 Å². The number of hydrogen-bond donors (Lipinski definition) is 0. The third-order valence-corrected chi connectivity index (χ3v) is 3.63. The topological polar surface area (TPSA) is 67.4 Å². The lowest BCUT2D eigenvalue weighted by atomic mass is 10.2. The molecule has 0 radical (unpaired) electrons. The van der Waals surface area contributed by atoms with Gasteiger partial charge in [0.25, 0.3) is 0 Å². The van der Waals surface area contributed by atoms with Crippen LogP contribution in [0.1, 0.15) is 11.5 Å². The van der Waals surface area contributed by atoms with Crippen LogP contribution in [0.3, 0.4) is 0 Å². The largest absolute Gasteiger partial charge is 0.299 e. The average molecular weight is 285 g/mol. The first kappa shape index (κ1) is 12.4. The number of rotatable bonds is 3. The zero-order chi connectivity index (χ0) is 13.9. The van der Waals surface area contributed by atoms with Crippen molar-refractivity contribution in [3.05, 3.63) is 53.3 Å². The molecule has 0 aliphatic heterocycles. The molecular weight excluding hydrogens is 277 g/mol. The Balaban J connectivity index is 1.84. The van der Waals surface area contributed by atoms with Crippen molar-refractivity contribution in [2.75, 3.05) is 0 Å². The summed E-state index contributed by atoms with van der Waals surface area (Å²) in [4.78, 5) is 4.47. The minimum Gasteiger partial charge on any atom is -0.299 e. The van der Waals surface area contributed by atoms with E-state index in [1.165, 1.54) is 29.8 Å². The molecule has 0 bridgehead atoms. The van der Waals surface area contributed by atoms with Gasteiger partial charge in [-0.2, -0.15) is 5.26 Å². The maximum absolute atomic E-state index is 12.9. The van der Waals surface area contributed by atoms with Crippen molar-refractivity contribution in [3.63, 3.8) is 0 Å². The smallest absolute Gasteiger partial charge is 0.235 e. The highest BCUT2D eigenvalue weighted by atomic mass is 32.1. The van der Waals surface area contributed by atoms with Crippen molar-refractivity contribution < 1.29 is 4.39 Å². The summed E-state index contributed by atoms with van der Waals surface area (Å²) in [7, 11) is 0. The van der Waals surface area contributed by atoms with Crippen molar-refractivity contribution >= 4 is 11.3 Å². The fraction of sp³-hybridized carbons (Fsp3) is 0.0769. The molecule has 0 atom stereocenters. The van der Waals surface area contributed by atoms with Gasteiger partial charge in [0, 0.05) is 10.9 Å². The molecule has 98 valence electrons. The Morgan fingerprint density at radius 1 is 1.30 bits per heavy atom. The Morgan fingerprint density at radius 3 is 2.85 bits per heavy atom. The lowest BCUT2D eigenvalue weighted by molar-refractivity contribution is 0.628. The van der Waals surface area contributed by atoms with Crippen LogP contribution in [0.15, 0.2) is 36.0 Å². The number of nitriles is 1. The van der Waals surface area contributed by atoms with E-state index in [4.69, 9.17) is 5.26 Å². The van der Waals surface area contributed by atoms with Crippen molar-refractivity contribution in [1.29, 1.82) is 5.26 Å². The molecule has 20 heavy (non-hydrogen) atoms. The van der Waals surface area contributed by atoms with Gasteiger partial charge < -0.3 is 0 Å². The van der Waals surface area contributed by atoms with Gasteiger partial charge in [-0.15, -0.1) is 21.5 Å². The second-order valence-corrected chi connectivity index (χ2v) is 4.90. The molecule has 3 aromatic rings. The molecule has 2 aromatic heterocycles. The first-order valence-electron chi connectivity index (χ1n) is 5.74. The number of hydrogen-bond acceptors (Lipinski definition) is 5. The summed E-state index contributed by atoms with van der Waals surface area (Å²) in [6, 6.07) is 8.16. The average Bonchev–Trinajstić information content (AvgIpc) is 3.09. The summed E-state index contributed by atoms with van der Waals surface area (Å²) in [5.74, 6) is -0.0185. The summed E-state index contributed by atoms with van der Waals surface area (Å²) in [6.07, 6.45) is 1.50. The van der Waals surface area contributed by atoms with E-state index < -0.39 is 0 Å². The maximum atomic E-state index is 12.9. The summed E-state index contributed by atoms with van der Waals surface area (Å²) in [5.41, 5.74) is 1.68. The van der Waals surface area contributed by atoms with E-state index in [2.05, 4.69) is 15.2 Å². The normalized spacial score (nSPS) is 10.4. The number of aromatic nitrogens is 4. The SMILES string of the molecule is N#Cc1nncn1Cc1csc(-c2ccc(F)cc2)n1. The van der Waals surface area contributed by atoms with Crippen LogP contribution in [-0.4, -0.2) is 19.7 Å². The molecular formula is C13H8FN5S. The van der Waals surface area contributed by atoms with Gasteiger partial charge in [-0.1, -0.05) is 0 Å². The Morgan fingerprint density at radius 2 is 2.10 bits per heavy atom. The van der Waals surface area contributed by atoms with E-state index in [9.17, 15) is 4.39 Å². The third kappa shape index (κ3) is 2.41.